The Kier molecular flexibility index (Phi) is 3.76. The number of H-pyrrole nitrogens is 1. The quantitative estimate of drug-likeness (QED) is 0.814. The molecule has 1 aromatic heterocycles. The van der Waals surface area contributed by atoms with Crippen LogP contribution in [0.3, 0.4) is 0 Å². The van der Waals surface area contributed by atoms with Gasteiger partial charge in [-0.15, -0.1) is 6.42 Å². The number of nitrogens with zero attached hydrogens (tertiary/aromatic N) is 2. The summed E-state index contributed by atoms with van der Waals surface area (Å²) >= 11 is 0. The van der Waals surface area contributed by atoms with Crippen LogP contribution in [0.25, 0.3) is 0 Å². The number of rotatable bonds is 4. The Hall–Kier alpha value is -2.49. The third-order valence-corrected chi connectivity index (χ3v) is 4.52. The average molecular weight is 316 g/mol. The number of primary amides is 1. The number of hydrogen-bond donors (Lipinski definition) is 2. The molecule has 1 aromatic rings. The molecule has 7 heteroatoms. The molecule has 4 atom stereocenters. The largest absolute Gasteiger partial charge is 0.436 e. The highest BCUT2D eigenvalue weighted by atomic mass is 16.6. The number of terminal acetylenes is 1. The van der Waals surface area contributed by atoms with Gasteiger partial charge in [-0.3, -0.25) is 4.79 Å². The molecule has 1 saturated carbocycles. The molecule has 2 aliphatic rings. The van der Waals surface area contributed by atoms with Gasteiger partial charge in [0.2, 0.25) is 0 Å². The number of carbonyl (C=O) groups excluding carboxylic acids is 2. The summed E-state index contributed by atoms with van der Waals surface area (Å²) in [7, 11) is 0. The second kappa shape index (κ2) is 5.61. The molecule has 122 valence electrons. The molecule has 7 nitrogen and oxygen atoms in total. The van der Waals surface area contributed by atoms with E-state index in [1.807, 2.05) is 13.8 Å². The number of nitrogens with two attached hydrogens (primary N) is 1. The SMILES string of the molecule is C#Cc1cnc([C@@H]2C[C@H]3C[C@H]3N2C(=O)C(OC(N)=O)C(C)C)[nH]1. The molecule has 1 aliphatic carbocycles. The van der Waals surface area contributed by atoms with Crippen LogP contribution in [-0.2, 0) is 9.53 Å². The molecular formula is C16H20N4O3. The topological polar surface area (TPSA) is 101 Å². The minimum atomic E-state index is -0.937. The van der Waals surface area contributed by atoms with Crippen molar-refractivity contribution in [2.45, 2.75) is 44.9 Å². The molecule has 3 N–H and O–H groups in total. The highest BCUT2D eigenvalue weighted by molar-refractivity contribution is 5.85. The van der Waals surface area contributed by atoms with E-state index >= 15 is 0 Å². The van der Waals surface area contributed by atoms with Gasteiger partial charge in [0.15, 0.2) is 6.10 Å². The van der Waals surface area contributed by atoms with E-state index in [2.05, 4.69) is 15.9 Å². The van der Waals surface area contributed by atoms with E-state index in [1.54, 1.807) is 11.1 Å². The highest BCUT2D eigenvalue weighted by Crippen LogP contribution is 2.53. The summed E-state index contributed by atoms with van der Waals surface area (Å²) in [6, 6.07) is 0.0238. The molecule has 23 heavy (non-hydrogen) atoms. The number of carbonyl (C=O) groups is 2. The number of nitrogens with one attached hydrogen (secondary N) is 1. The maximum absolute atomic E-state index is 12.9. The second-order valence-corrected chi connectivity index (χ2v) is 6.49. The number of likely N-dealkylation sites (tertiary alicyclic amines) is 1. The lowest BCUT2D eigenvalue weighted by Gasteiger charge is -2.31. The molecule has 1 aliphatic heterocycles. The van der Waals surface area contributed by atoms with Gasteiger partial charge in [-0.25, -0.2) is 9.78 Å². The van der Waals surface area contributed by atoms with Crippen molar-refractivity contribution >= 4 is 12.0 Å². The normalized spacial score (nSPS) is 26.5. The summed E-state index contributed by atoms with van der Waals surface area (Å²) in [5, 5.41) is 0. The zero-order valence-electron chi connectivity index (χ0n) is 13.2. The summed E-state index contributed by atoms with van der Waals surface area (Å²) in [4.78, 5) is 33.2. The van der Waals surface area contributed by atoms with Crippen molar-refractivity contribution in [3.63, 3.8) is 0 Å². The highest BCUT2D eigenvalue weighted by Gasteiger charge is 2.56. The first kappa shape index (κ1) is 15.4. The molecule has 0 radical (unpaired) electrons. The molecule has 2 amide bonds. The van der Waals surface area contributed by atoms with Gasteiger partial charge in [-0.2, -0.15) is 0 Å². The smallest absolute Gasteiger partial charge is 0.405 e. The van der Waals surface area contributed by atoms with Gasteiger partial charge in [-0.05, 0) is 24.7 Å². The van der Waals surface area contributed by atoms with Crippen LogP contribution >= 0.6 is 0 Å². The second-order valence-electron chi connectivity index (χ2n) is 6.49. The fourth-order valence-corrected chi connectivity index (χ4v) is 3.34. The monoisotopic (exact) mass is 316 g/mol. The van der Waals surface area contributed by atoms with Crippen LogP contribution in [0.4, 0.5) is 4.79 Å². The number of ether oxygens (including phenoxy) is 1. The first-order valence-corrected chi connectivity index (χ1v) is 7.72. The number of amides is 2. The number of hydrogen-bond acceptors (Lipinski definition) is 4. The lowest BCUT2D eigenvalue weighted by atomic mass is 10.0. The lowest BCUT2D eigenvalue weighted by molar-refractivity contribution is -0.144. The van der Waals surface area contributed by atoms with E-state index in [1.165, 1.54) is 0 Å². The van der Waals surface area contributed by atoms with Gasteiger partial charge in [0.05, 0.1) is 12.2 Å². The summed E-state index contributed by atoms with van der Waals surface area (Å²) in [5.74, 6) is 3.28. The van der Waals surface area contributed by atoms with E-state index in [0.717, 1.165) is 12.8 Å². The molecule has 1 unspecified atom stereocenters. The van der Waals surface area contributed by atoms with Gasteiger partial charge >= 0.3 is 6.09 Å². The third-order valence-electron chi connectivity index (χ3n) is 4.52. The number of imidazole rings is 1. The predicted octanol–water partition coefficient (Wildman–Crippen LogP) is 1.17. The summed E-state index contributed by atoms with van der Waals surface area (Å²) in [6.45, 7) is 3.65. The maximum atomic E-state index is 12.9. The fraction of sp³-hybridized carbons (Fsp3) is 0.562. The first-order valence-electron chi connectivity index (χ1n) is 7.72. The zero-order chi connectivity index (χ0) is 16.7. The van der Waals surface area contributed by atoms with Crippen LogP contribution in [0.5, 0.6) is 0 Å². The van der Waals surface area contributed by atoms with E-state index in [9.17, 15) is 9.59 Å². The van der Waals surface area contributed by atoms with Crippen molar-refractivity contribution in [2.75, 3.05) is 0 Å². The van der Waals surface area contributed by atoms with E-state index in [-0.39, 0.29) is 23.9 Å². The van der Waals surface area contributed by atoms with Crippen LogP contribution in [0.1, 0.15) is 44.2 Å². The number of piperidine rings is 1. The van der Waals surface area contributed by atoms with Crippen molar-refractivity contribution in [2.24, 2.45) is 17.6 Å². The van der Waals surface area contributed by atoms with Crippen molar-refractivity contribution in [1.82, 2.24) is 14.9 Å². The standard InChI is InChI=1S/C16H20N4O3/c1-4-10-7-18-14(19-10)12-6-9-5-11(9)20(12)15(21)13(8(2)3)23-16(17)22/h1,7-9,11-13H,5-6H2,2-3H3,(H2,17,22)(H,18,19)/t9-,11-,12+,13?/m1/s1. The zero-order valence-corrected chi connectivity index (χ0v) is 13.2. The van der Waals surface area contributed by atoms with Gasteiger partial charge in [0.1, 0.15) is 11.5 Å². The van der Waals surface area contributed by atoms with E-state index < -0.39 is 12.2 Å². The first-order chi connectivity index (χ1) is 10.9. The van der Waals surface area contributed by atoms with Gasteiger partial charge in [0.25, 0.3) is 5.91 Å². The number of aromatic nitrogens is 2. The molecule has 3 rings (SSSR count). The lowest BCUT2D eigenvalue weighted by Crippen LogP contribution is -2.46. The van der Waals surface area contributed by atoms with Crippen molar-refractivity contribution in [3.05, 3.63) is 17.7 Å². The molecule has 0 aromatic carbocycles. The summed E-state index contributed by atoms with van der Waals surface area (Å²) in [5.41, 5.74) is 5.69. The molecule has 1 saturated heterocycles. The average Bonchev–Trinajstić information content (AvgIpc) is 2.96. The van der Waals surface area contributed by atoms with Crippen LogP contribution in [-0.4, -0.2) is 39.0 Å². The minimum absolute atomic E-state index is 0.161. The van der Waals surface area contributed by atoms with Crippen LogP contribution in [0.2, 0.25) is 0 Å². The summed E-state index contributed by atoms with van der Waals surface area (Å²) in [6.07, 6.45) is 6.95. The van der Waals surface area contributed by atoms with E-state index in [4.69, 9.17) is 16.9 Å². The Labute approximate surface area is 134 Å². The maximum Gasteiger partial charge on any atom is 0.405 e. The number of fused-ring (bicyclic) bond motifs is 1. The van der Waals surface area contributed by atoms with Gasteiger partial charge < -0.3 is 20.4 Å². The van der Waals surface area contributed by atoms with E-state index in [0.29, 0.717) is 17.4 Å². The Morgan fingerprint density at radius 3 is 2.83 bits per heavy atom. The molecule has 0 spiro atoms. The van der Waals surface area contributed by atoms with Crippen LogP contribution < -0.4 is 5.73 Å². The molecule has 2 heterocycles. The Morgan fingerprint density at radius 2 is 2.26 bits per heavy atom. The Balaban J connectivity index is 1.84. The number of aromatic amines is 1. The summed E-state index contributed by atoms with van der Waals surface area (Å²) < 4.78 is 5.05. The van der Waals surface area contributed by atoms with Crippen molar-refractivity contribution in [1.29, 1.82) is 0 Å². The van der Waals surface area contributed by atoms with Crippen molar-refractivity contribution < 1.29 is 14.3 Å². The van der Waals surface area contributed by atoms with Crippen LogP contribution in [0, 0.1) is 24.2 Å². The Bertz CT molecular complexity index is 675. The van der Waals surface area contributed by atoms with Crippen LogP contribution in [0.15, 0.2) is 6.20 Å². The molecule has 2 fully saturated rings. The predicted molar refractivity (Wildman–Crippen MR) is 81.9 cm³/mol. The molecule has 0 bridgehead atoms. The molecular weight excluding hydrogens is 296 g/mol. The van der Waals surface area contributed by atoms with Gasteiger partial charge in [-0.1, -0.05) is 19.8 Å². The van der Waals surface area contributed by atoms with Gasteiger partial charge in [0, 0.05) is 6.04 Å². The van der Waals surface area contributed by atoms with Crippen molar-refractivity contribution in [3.8, 4) is 12.3 Å². The third kappa shape index (κ3) is 2.77. The fourth-order valence-electron chi connectivity index (χ4n) is 3.34. The minimum Gasteiger partial charge on any atom is -0.436 e. The Morgan fingerprint density at radius 1 is 1.52 bits per heavy atom.